The summed E-state index contributed by atoms with van der Waals surface area (Å²) >= 11 is 5.27. The number of rotatable bonds is 4. The maximum atomic E-state index is 5.27. The highest BCUT2D eigenvalue weighted by atomic mass is 32.1. The molecule has 1 N–H and O–H groups in total. The molecule has 3 heteroatoms. The summed E-state index contributed by atoms with van der Waals surface area (Å²) in [6, 6.07) is 0.742. The van der Waals surface area contributed by atoms with E-state index in [-0.39, 0.29) is 0 Å². The van der Waals surface area contributed by atoms with Crippen molar-refractivity contribution in [2.24, 2.45) is 0 Å². The van der Waals surface area contributed by atoms with Crippen LogP contribution in [-0.2, 0) is 0 Å². The smallest absolute Gasteiger partial charge is 0.169 e. The molecule has 1 saturated carbocycles. The van der Waals surface area contributed by atoms with Crippen LogP contribution in [0.4, 0.5) is 0 Å². The number of hydrogen-bond acceptors (Lipinski definition) is 1. The van der Waals surface area contributed by atoms with Gasteiger partial charge < -0.3 is 10.2 Å². The molecule has 0 aromatic heterocycles. The lowest BCUT2D eigenvalue weighted by molar-refractivity contribution is 0.423. The van der Waals surface area contributed by atoms with Gasteiger partial charge in [0.05, 0.1) is 0 Å². The van der Waals surface area contributed by atoms with E-state index in [9.17, 15) is 0 Å². The standard InChI is InChI=1S/C9H18N2S/c1-3-7-10-9(12)11(4-2)8-5-6-8/h8H,3-7H2,1-2H3,(H,10,12). The van der Waals surface area contributed by atoms with Crippen molar-refractivity contribution in [2.75, 3.05) is 13.1 Å². The van der Waals surface area contributed by atoms with E-state index in [4.69, 9.17) is 12.2 Å². The lowest BCUT2D eigenvalue weighted by Crippen LogP contribution is -2.41. The van der Waals surface area contributed by atoms with E-state index >= 15 is 0 Å². The van der Waals surface area contributed by atoms with Gasteiger partial charge in [-0.2, -0.15) is 0 Å². The summed E-state index contributed by atoms with van der Waals surface area (Å²) in [5, 5.41) is 4.21. The highest BCUT2D eigenvalue weighted by molar-refractivity contribution is 7.80. The predicted molar refractivity (Wildman–Crippen MR) is 56.3 cm³/mol. The van der Waals surface area contributed by atoms with E-state index in [2.05, 4.69) is 24.1 Å². The zero-order valence-electron chi connectivity index (χ0n) is 7.97. The summed E-state index contributed by atoms with van der Waals surface area (Å²) in [6.45, 7) is 6.36. The van der Waals surface area contributed by atoms with E-state index in [0.29, 0.717) is 0 Å². The second kappa shape index (κ2) is 4.65. The number of nitrogens with one attached hydrogen (secondary N) is 1. The molecule has 0 spiro atoms. The van der Waals surface area contributed by atoms with Gasteiger partial charge in [0.15, 0.2) is 5.11 Å². The van der Waals surface area contributed by atoms with Crippen LogP contribution in [0.15, 0.2) is 0 Å². The summed E-state index contributed by atoms with van der Waals surface area (Å²) in [4.78, 5) is 2.30. The first-order valence-electron chi connectivity index (χ1n) is 4.84. The normalized spacial score (nSPS) is 15.8. The van der Waals surface area contributed by atoms with Crippen LogP contribution in [0.2, 0.25) is 0 Å². The minimum absolute atomic E-state index is 0.742. The molecule has 0 radical (unpaired) electrons. The Morgan fingerprint density at radius 2 is 2.17 bits per heavy atom. The van der Waals surface area contributed by atoms with E-state index in [1.54, 1.807) is 0 Å². The average molecular weight is 186 g/mol. The fraction of sp³-hybridized carbons (Fsp3) is 0.889. The Morgan fingerprint density at radius 1 is 1.50 bits per heavy atom. The monoisotopic (exact) mass is 186 g/mol. The molecule has 0 amide bonds. The fourth-order valence-electron chi connectivity index (χ4n) is 1.29. The Bertz CT molecular complexity index is 155. The molecule has 0 aliphatic heterocycles. The summed E-state index contributed by atoms with van der Waals surface area (Å²) in [5.74, 6) is 0. The molecule has 12 heavy (non-hydrogen) atoms. The van der Waals surface area contributed by atoms with Gasteiger partial charge in [-0.15, -0.1) is 0 Å². The first kappa shape index (κ1) is 9.78. The topological polar surface area (TPSA) is 15.3 Å². The van der Waals surface area contributed by atoms with Gasteiger partial charge in [-0.3, -0.25) is 0 Å². The van der Waals surface area contributed by atoms with Crippen LogP contribution in [0.1, 0.15) is 33.1 Å². The maximum Gasteiger partial charge on any atom is 0.169 e. The van der Waals surface area contributed by atoms with Gasteiger partial charge >= 0.3 is 0 Å². The van der Waals surface area contributed by atoms with Crippen LogP contribution >= 0.6 is 12.2 Å². The minimum Gasteiger partial charge on any atom is -0.363 e. The Labute approximate surface area is 80.3 Å². The van der Waals surface area contributed by atoms with Crippen molar-refractivity contribution < 1.29 is 0 Å². The molecule has 0 bridgehead atoms. The first-order valence-corrected chi connectivity index (χ1v) is 5.24. The zero-order chi connectivity index (χ0) is 8.97. The first-order chi connectivity index (χ1) is 5.79. The highest BCUT2D eigenvalue weighted by Crippen LogP contribution is 2.26. The van der Waals surface area contributed by atoms with Gasteiger partial charge in [0.25, 0.3) is 0 Å². The summed E-state index contributed by atoms with van der Waals surface area (Å²) < 4.78 is 0. The van der Waals surface area contributed by atoms with Gasteiger partial charge in [-0.05, 0) is 38.4 Å². The highest BCUT2D eigenvalue weighted by Gasteiger charge is 2.29. The summed E-state index contributed by atoms with van der Waals surface area (Å²) in [7, 11) is 0. The molecule has 1 aliphatic rings. The van der Waals surface area contributed by atoms with E-state index in [0.717, 1.165) is 30.7 Å². The Balaban J connectivity index is 2.26. The molecule has 0 heterocycles. The van der Waals surface area contributed by atoms with Crippen molar-refractivity contribution in [1.29, 1.82) is 0 Å². The molecule has 0 unspecified atom stereocenters. The molecule has 1 rings (SSSR count). The average Bonchev–Trinajstić information content (AvgIpc) is 2.86. The summed E-state index contributed by atoms with van der Waals surface area (Å²) in [5.41, 5.74) is 0. The minimum atomic E-state index is 0.742. The quantitative estimate of drug-likeness (QED) is 0.673. The SMILES string of the molecule is CCCNC(=S)N(CC)C1CC1. The van der Waals surface area contributed by atoms with E-state index in [1.165, 1.54) is 12.8 Å². The third-order valence-electron chi connectivity index (χ3n) is 2.12. The molecule has 0 aromatic rings. The number of hydrogen-bond donors (Lipinski definition) is 1. The Kier molecular flexibility index (Phi) is 3.79. The second-order valence-electron chi connectivity index (χ2n) is 3.25. The molecular formula is C9H18N2S. The molecule has 70 valence electrons. The molecular weight excluding hydrogens is 168 g/mol. The van der Waals surface area contributed by atoms with Crippen molar-refractivity contribution >= 4 is 17.3 Å². The molecule has 2 nitrogen and oxygen atoms in total. The van der Waals surface area contributed by atoms with Crippen molar-refractivity contribution in [2.45, 2.75) is 39.2 Å². The van der Waals surface area contributed by atoms with Gasteiger partial charge in [0, 0.05) is 19.1 Å². The molecule has 0 aromatic carbocycles. The molecule has 1 fully saturated rings. The van der Waals surface area contributed by atoms with Crippen LogP contribution in [0, 0.1) is 0 Å². The van der Waals surface area contributed by atoms with Crippen LogP contribution in [-0.4, -0.2) is 29.1 Å². The van der Waals surface area contributed by atoms with Crippen molar-refractivity contribution in [1.82, 2.24) is 10.2 Å². The third-order valence-corrected chi connectivity index (χ3v) is 2.49. The third kappa shape index (κ3) is 2.63. The van der Waals surface area contributed by atoms with Crippen LogP contribution in [0.5, 0.6) is 0 Å². The summed E-state index contributed by atoms with van der Waals surface area (Å²) in [6.07, 6.45) is 3.78. The Hall–Kier alpha value is -0.310. The number of nitrogens with zero attached hydrogens (tertiary/aromatic N) is 1. The van der Waals surface area contributed by atoms with Gasteiger partial charge in [-0.1, -0.05) is 6.92 Å². The van der Waals surface area contributed by atoms with Gasteiger partial charge in [0.2, 0.25) is 0 Å². The zero-order valence-corrected chi connectivity index (χ0v) is 8.78. The van der Waals surface area contributed by atoms with Crippen molar-refractivity contribution in [3.05, 3.63) is 0 Å². The van der Waals surface area contributed by atoms with Crippen LogP contribution in [0.25, 0.3) is 0 Å². The largest absolute Gasteiger partial charge is 0.363 e. The van der Waals surface area contributed by atoms with Gasteiger partial charge in [-0.25, -0.2) is 0 Å². The van der Waals surface area contributed by atoms with Crippen molar-refractivity contribution in [3.8, 4) is 0 Å². The lowest BCUT2D eigenvalue weighted by Gasteiger charge is -2.23. The van der Waals surface area contributed by atoms with Crippen LogP contribution < -0.4 is 5.32 Å². The fourth-order valence-corrected chi connectivity index (χ4v) is 1.67. The van der Waals surface area contributed by atoms with E-state index < -0.39 is 0 Å². The van der Waals surface area contributed by atoms with E-state index in [1.807, 2.05) is 0 Å². The Morgan fingerprint density at radius 3 is 2.58 bits per heavy atom. The molecule has 0 atom stereocenters. The van der Waals surface area contributed by atoms with Crippen LogP contribution in [0.3, 0.4) is 0 Å². The predicted octanol–water partition coefficient (Wildman–Crippen LogP) is 1.76. The van der Waals surface area contributed by atoms with Crippen molar-refractivity contribution in [3.63, 3.8) is 0 Å². The second-order valence-corrected chi connectivity index (χ2v) is 3.64. The van der Waals surface area contributed by atoms with Gasteiger partial charge in [0.1, 0.15) is 0 Å². The molecule has 1 aliphatic carbocycles. The molecule has 0 saturated heterocycles. The number of thiocarbonyl (C=S) groups is 1. The maximum absolute atomic E-state index is 5.27. The lowest BCUT2D eigenvalue weighted by atomic mass is 10.5.